The summed E-state index contributed by atoms with van der Waals surface area (Å²) in [5.41, 5.74) is 0.883. The van der Waals surface area contributed by atoms with Crippen LogP contribution in [0.1, 0.15) is 12.5 Å². The minimum Gasteiger partial charge on any atom is -0.494 e. The van der Waals surface area contributed by atoms with E-state index in [2.05, 4.69) is 22.0 Å². The summed E-state index contributed by atoms with van der Waals surface area (Å²) in [4.78, 5) is 12.1. The monoisotopic (exact) mass is 459 g/mol. The second kappa shape index (κ2) is 9.04. The second-order valence-corrected chi connectivity index (χ2v) is 5.56. The van der Waals surface area contributed by atoms with Crippen molar-refractivity contribution in [3.63, 3.8) is 0 Å². The van der Waals surface area contributed by atoms with Gasteiger partial charge in [-0.2, -0.15) is 12.1 Å². The van der Waals surface area contributed by atoms with Crippen LogP contribution < -0.4 is 10.3 Å². The van der Waals surface area contributed by atoms with Crippen molar-refractivity contribution in [3.05, 3.63) is 50.7 Å². The molecular formula is C16H15BrF2NO2Y-. The van der Waals surface area contributed by atoms with Crippen molar-refractivity contribution in [1.82, 2.24) is 4.57 Å². The summed E-state index contributed by atoms with van der Waals surface area (Å²) in [6, 6.07) is 9.63. The van der Waals surface area contributed by atoms with Gasteiger partial charge < -0.3 is 9.30 Å². The van der Waals surface area contributed by atoms with Gasteiger partial charge in [-0.1, -0.05) is 39.7 Å². The predicted octanol–water partition coefficient (Wildman–Crippen LogP) is 4.05. The van der Waals surface area contributed by atoms with Gasteiger partial charge in [-0.05, 0) is 23.5 Å². The van der Waals surface area contributed by atoms with Gasteiger partial charge >= 0.3 is 0 Å². The molecule has 1 heterocycles. The van der Waals surface area contributed by atoms with Gasteiger partial charge in [-0.15, -0.1) is 6.07 Å². The summed E-state index contributed by atoms with van der Waals surface area (Å²) in [5.74, 6) is 0.660. The number of benzene rings is 1. The molecule has 23 heavy (non-hydrogen) atoms. The predicted molar refractivity (Wildman–Crippen MR) is 84.6 cm³/mol. The van der Waals surface area contributed by atoms with E-state index < -0.39 is 18.5 Å². The minimum absolute atomic E-state index is 0. The fourth-order valence-corrected chi connectivity index (χ4v) is 2.66. The first kappa shape index (κ1) is 20.5. The van der Waals surface area contributed by atoms with Gasteiger partial charge in [0.25, 0.3) is 6.43 Å². The van der Waals surface area contributed by atoms with E-state index in [1.165, 1.54) is 6.07 Å². The van der Waals surface area contributed by atoms with Crippen LogP contribution in [0.25, 0.3) is 11.3 Å². The van der Waals surface area contributed by atoms with Crippen LogP contribution >= 0.6 is 15.9 Å². The Balaban J connectivity index is 0.00000264. The number of ether oxygens (including phenoxy) is 1. The molecule has 0 spiro atoms. The van der Waals surface area contributed by atoms with Crippen LogP contribution in [0.5, 0.6) is 5.75 Å². The Labute approximate surface area is 167 Å². The zero-order chi connectivity index (χ0) is 16.3. The molecule has 0 bridgehead atoms. The molecule has 2 aromatic rings. The maximum Gasteiger partial charge on any atom is 0.256 e. The summed E-state index contributed by atoms with van der Waals surface area (Å²) in [7, 11) is 0. The van der Waals surface area contributed by atoms with Gasteiger partial charge in [0.05, 0.1) is 13.2 Å². The molecule has 1 radical (unpaired) electrons. The zero-order valence-electron chi connectivity index (χ0n) is 12.8. The van der Waals surface area contributed by atoms with Crippen LogP contribution in [0.2, 0.25) is 0 Å². The number of nitrogens with zero attached hydrogens (tertiary/aromatic N) is 1. The van der Waals surface area contributed by atoms with Crippen LogP contribution in [0.15, 0.2) is 33.5 Å². The van der Waals surface area contributed by atoms with Crippen LogP contribution in [0.3, 0.4) is 0 Å². The number of hydrogen-bond donors (Lipinski definition) is 0. The van der Waals surface area contributed by atoms with Crippen molar-refractivity contribution < 1.29 is 46.2 Å². The van der Waals surface area contributed by atoms with Gasteiger partial charge in [-0.3, -0.25) is 4.79 Å². The Hall–Kier alpha value is -0.586. The van der Waals surface area contributed by atoms with E-state index in [1.54, 1.807) is 25.1 Å². The van der Waals surface area contributed by atoms with Gasteiger partial charge in [0, 0.05) is 32.7 Å². The van der Waals surface area contributed by atoms with Gasteiger partial charge in [0.1, 0.15) is 5.75 Å². The molecule has 2 rings (SSSR count). The number of aryl methyl sites for hydroxylation is 1. The normalized spacial score (nSPS) is 10.5. The molecule has 3 nitrogen and oxygen atoms in total. The summed E-state index contributed by atoms with van der Waals surface area (Å²) in [6.45, 7) is 3.32. The number of pyridine rings is 1. The van der Waals surface area contributed by atoms with Crippen molar-refractivity contribution in [1.29, 1.82) is 0 Å². The van der Waals surface area contributed by atoms with E-state index in [-0.39, 0.29) is 32.7 Å². The molecular weight excluding hydrogens is 445 g/mol. The molecule has 0 saturated carbocycles. The summed E-state index contributed by atoms with van der Waals surface area (Å²) in [6.07, 6.45) is -2.62. The first-order valence-corrected chi connectivity index (χ1v) is 7.56. The first-order valence-electron chi connectivity index (χ1n) is 6.77. The van der Waals surface area contributed by atoms with E-state index in [9.17, 15) is 13.6 Å². The standard InChI is InChI=1S/C16H15BrF2NO2.Y/c1-3-22-11-5-6-12(13(17)8-11)14-7-4-10(2)16(21)20(14)9-15(18)19;/h4-6,8,15H,3,9H2,1-2H3;/q-1;. The largest absolute Gasteiger partial charge is 0.494 e. The topological polar surface area (TPSA) is 31.2 Å². The van der Waals surface area contributed by atoms with Crippen LogP contribution in [-0.4, -0.2) is 17.6 Å². The van der Waals surface area contributed by atoms with E-state index in [0.717, 1.165) is 4.57 Å². The third kappa shape index (κ3) is 4.94. The fourth-order valence-electron chi connectivity index (χ4n) is 2.11. The Kier molecular flexibility index (Phi) is 8.04. The average Bonchev–Trinajstić information content (AvgIpc) is 2.45. The average molecular weight is 460 g/mol. The first-order chi connectivity index (χ1) is 10.4. The van der Waals surface area contributed by atoms with Crippen LogP contribution in [-0.2, 0) is 39.3 Å². The van der Waals surface area contributed by atoms with Crippen molar-refractivity contribution in [2.24, 2.45) is 0 Å². The Bertz CT molecular complexity index is 735. The Morgan fingerprint density at radius 2 is 2.09 bits per heavy atom. The molecule has 0 atom stereocenters. The molecule has 1 aromatic heterocycles. The fraction of sp³-hybridized carbons (Fsp3) is 0.312. The molecule has 0 N–H and O–H groups in total. The van der Waals surface area contributed by atoms with E-state index in [4.69, 9.17) is 4.74 Å². The smallest absolute Gasteiger partial charge is 0.256 e. The molecule has 0 aliphatic rings. The van der Waals surface area contributed by atoms with Gasteiger partial charge in [0.2, 0.25) is 0 Å². The Morgan fingerprint density at radius 1 is 1.39 bits per heavy atom. The van der Waals surface area contributed by atoms with E-state index in [1.807, 2.05) is 6.92 Å². The third-order valence-corrected chi connectivity index (χ3v) is 3.76. The number of rotatable bonds is 5. The number of hydrogen-bond acceptors (Lipinski definition) is 2. The molecule has 0 aliphatic carbocycles. The number of aromatic nitrogens is 1. The maximum atomic E-state index is 12.8. The maximum absolute atomic E-state index is 12.8. The molecule has 121 valence electrons. The molecule has 0 amide bonds. The number of halogens is 3. The van der Waals surface area contributed by atoms with Crippen molar-refractivity contribution in [3.8, 4) is 17.0 Å². The quantitative estimate of drug-likeness (QED) is 0.631. The third-order valence-electron chi connectivity index (χ3n) is 3.11. The van der Waals surface area contributed by atoms with Crippen molar-refractivity contribution in [2.45, 2.75) is 26.8 Å². The van der Waals surface area contributed by atoms with Crippen LogP contribution in [0.4, 0.5) is 8.78 Å². The zero-order valence-corrected chi connectivity index (χ0v) is 17.2. The summed E-state index contributed by atoms with van der Waals surface area (Å²) in [5, 5.41) is 0. The van der Waals surface area contributed by atoms with Crippen LogP contribution in [0, 0.1) is 13.0 Å². The van der Waals surface area contributed by atoms with Crippen molar-refractivity contribution in [2.75, 3.05) is 6.61 Å². The van der Waals surface area contributed by atoms with Crippen molar-refractivity contribution >= 4 is 15.9 Å². The molecule has 0 fully saturated rings. The van der Waals surface area contributed by atoms with Gasteiger partial charge in [-0.25, -0.2) is 8.78 Å². The summed E-state index contributed by atoms with van der Waals surface area (Å²) >= 11 is 3.39. The SMILES string of the molecule is CCOc1ccc(-c2[c-]cc(C)c(=O)n2CC(F)F)c(Br)c1.[Y]. The molecule has 1 aromatic carbocycles. The van der Waals surface area contributed by atoms with E-state index in [0.29, 0.717) is 33.6 Å². The molecule has 0 unspecified atom stereocenters. The molecule has 0 saturated heterocycles. The number of alkyl halides is 2. The molecule has 7 heteroatoms. The van der Waals surface area contributed by atoms with E-state index >= 15 is 0 Å². The second-order valence-electron chi connectivity index (χ2n) is 4.70. The Morgan fingerprint density at radius 3 is 2.65 bits per heavy atom. The summed E-state index contributed by atoms with van der Waals surface area (Å²) < 4.78 is 32.7. The minimum atomic E-state index is -2.62. The van der Waals surface area contributed by atoms with Gasteiger partial charge in [0.15, 0.2) is 5.56 Å². The molecule has 0 aliphatic heterocycles.